The molecule has 0 bridgehead atoms. The lowest BCUT2D eigenvalue weighted by atomic mass is 10.1. The van der Waals surface area contributed by atoms with Gasteiger partial charge in [0, 0.05) is 12.7 Å². The Labute approximate surface area is 92.3 Å². The molecule has 0 fully saturated rings. The Morgan fingerprint density at radius 1 is 1.13 bits per heavy atom. The molecule has 1 heterocycles. The van der Waals surface area contributed by atoms with Gasteiger partial charge in [-0.25, -0.2) is 0 Å². The lowest BCUT2D eigenvalue weighted by Crippen LogP contribution is -2.03. The van der Waals surface area contributed by atoms with E-state index in [0.717, 1.165) is 12.4 Å². The summed E-state index contributed by atoms with van der Waals surface area (Å²) in [4.78, 5) is 0. The fraction of sp³-hybridized carbons (Fsp3) is 0.667. The van der Waals surface area contributed by atoms with Gasteiger partial charge in [-0.05, 0) is 18.6 Å². The second-order valence-corrected chi connectivity index (χ2v) is 3.80. The molecule has 0 saturated heterocycles. The van der Waals surface area contributed by atoms with Gasteiger partial charge in [-0.1, -0.05) is 39.0 Å². The van der Waals surface area contributed by atoms with E-state index < -0.39 is 0 Å². The van der Waals surface area contributed by atoms with Gasteiger partial charge in [0.1, 0.15) is 5.82 Å². The van der Waals surface area contributed by atoms with Crippen LogP contribution in [0.5, 0.6) is 0 Å². The SMILES string of the molecule is CCCCCCCCNc1cccnn1. The number of anilines is 1. The molecule has 0 aliphatic carbocycles. The van der Waals surface area contributed by atoms with Gasteiger partial charge in [-0.15, -0.1) is 5.10 Å². The van der Waals surface area contributed by atoms with Gasteiger partial charge in [-0.2, -0.15) is 5.10 Å². The molecule has 1 rings (SSSR count). The Hall–Kier alpha value is -1.12. The summed E-state index contributed by atoms with van der Waals surface area (Å²) in [6, 6.07) is 3.85. The standard InChI is InChI=1S/C12H21N3/c1-2-3-4-5-6-7-10-13-12-9-8-11-14-15-12/h8-9,11H,2-7,10H2,1H3,(H,13,15). The predicted molar refractivity (Wildman–Crippen MR) is 63.9 cm³/mol. The quantitative estimate of drug-likeness (QED) is 0.665. The number of rotatable bonds is 8. The zero-order valence-corrected chi connectivity index (χ0v) is 9.58. The first-order valence-electron chi connectivity index (χ1n) is 5.95. The van der Waals surface area contributed by atoms with E-state index in [1.165, 1.54) is 38.5 Å². The highest BCUT2D eigenvalue weighted by molar-refractivity contribution is 5.30. The first-order chi connectivity index (χ1) is 7.43. The van der Waals surface area contributed by atoms with Crippen LogP contribution in [-0.4, -0.2) is 16.7 Å². The third-order valence-corrected chi connectivity index (χ3v) is 2.41. The maximum absolute atomic E-state index is 3.96. The van der Waals surface area contributed by atoms with Gasteiger partial charge in [0.2, 0.25) is 0 Å². The van der Waals surface area contributed by atoms with E-state index in [2.05, 4.69) is 22.4 Å². The molecule has 0 spiro atoms. The van der Waals surface area contributed by atoms with Crippen molar-refractivity contribution < 1.29 is 0 Å². The highest BCUT2D eigenvalue weighted by Crippen LogP contribution is 2.05. The van der Waals surface area contributed by atoms with Crippen LogP contribution in [0.25, 0.3) is 0 Å². The summed E-state index contributed by atoms with van der Waals surface area (Å²) < 4.78 is 0. The molecule has 15 heavy (non-hydrogen) atoms. The number of hydrogen-bond donors (Lipinski definition) is 1. The highest BCUT2D eigenvalue weighted by Gasteiger charge is 1.92. The molecule has 0 saturated carbocycles. The Morgan fingerprint density at radius 3 is 2.67 bits per heavy atom. The number of nitrogens with zero attached hydrogens (tertiary/aromatic N) is 2. The van der Waals surface area contributed by atoms with E-state index in [9.17, 15) is 0 Å². The summed E-state index contributed by atoms with van der Waals surface area (Å²) in [7, 11) is 0. The van der Waals surface area contributed by atoms with Crippen molar-refractivity contribution in [2.24, 2.45) is 0 Å². The monoisotopic (exact) mass is 207 g/mol. The molecule has 0 aromatic carbocycles. The zero-order chi connectivity index (χ0) is 10.8. The van der Waals surface area contributed by atoms with Crippen molar-refractivity contribution in [2.75, 3.05) is 11.9 Å². The Kier molecular flexibility index (Phi) is 6.54. The molecule has 1 aromatic heterocycles. The van der Waals surface area contributed by atoms with Crippen molar-refractivity contribution in [3.63, 3.8) is 0 Å². The van der Waals surface area contributed by atoms with Crippen LogP contribution in [0.2, 0.25) is 0 Å². The van der Waals surface area contributed by atoms with Crippen LogP contribution in [-0.2, 0) is 0 Å². The molecule has 3 heteroatoms. The number of aromatic nitrogens is 2. The van der Waals surface area contributed by atoms with E-state index in [0.29, 0.717) is 0 Å². The normalized spacial score (nSPS) is 10.2. The number of hydrogen-bond acceptors (Lipinski definition) is 3. The van der Waals surface area contributed by atoms with Crippen molar-refractivity contribution in [1.29, 1.82) is 0 Å². The largest absolute Gasteiger partial charge is 0.369 e. The lowest BCUT2D eigenvalue weighted by molar-refractivity contribution is 0.616. The Bertz CT molecular complexity index is 236. The molecule has 3 nitrogen and oxygen atoms in total. The molecular weight excluding hydrogens is 186 g/mol. The summed E-state index contributed by atoms with van der Waals surface area (Å²) in [5, 5.41) is 11.0. The molecule has 84 valence electrons. The van der Waals surface area contributed by atoms with Crippen molar-refractivity contribution >= 4 is 5.82 Å². The minimum atomic E-state index is 0.881. The van der Waals surface area contributed by atoms with E-state index in [-0.39, 0.29) is 0 Å². The minimum Gasteiger partial charge on any atom is -0.369 e. The fourth-order valence-corrected chi connectivity index (χ4v) is 1.52. The van der Waals surface area contributed by atoms with Gasteiger partial charge in [0.15, 0.2) is 0 Å². The molecule has 0 aliphatic rings. The number of nitrogens with one attached hydrogen (secondary N) is 1. The van der Waals surface area contributed by atoms with Crippen molar-refractivity contribution in [3.05, 3.63) is 18.3 Å². The topological polar surface area (TPSA) is 37.8 Å². The summed E-state index contributed by atoms with van der Waals surface area (Å²) in [6.45, 7) is 3.25. The van der Waals surface area contributed by atoms with Gasteiger partial charge in [-0.3, -0.25) is 0 Å². The minimum absolute atomic E-state index is 0.881. The fourth-order valence-electron chi connectivity index (χ4n) is 1.52. The summed E-state index contributed by atoms with van der Waals surface area (Å²) in [5.74, 6) is 0.881. The lowest BCUT2D eigenvalue weighted by Gasteiger charge is -2.03. The average molecular weight is 207 g/mol. The van der Waals surface area contributed by atoms with Crippen LogP contribution in [0.1, 0.15) is 45.4 Å². The first-order valence-corrected chi connectivity index (χ1v) is 5.95. The average Bonchev–Trinajstić information content (AvgIpc) is 2.29. The van der Waals surface area contributed by atoms with Gasteiger partial charge in [0.05, 0.1) is 0 Å². The molecular formula is C12H21N3. The predicted octanol–water partition coefficient (Wildman–Crippen LogP) is 3.25. The third kappa shape index (κ3) is 6.05. The van der Waals surface area contributed by atoms with E-state index >= 15 is 0 Å². The van der Waals surface area contributed by atoms with Crippen molar-refractivity contribution in [3.8, 4) is 0 Å². The molecule has 0 atom stereocenters. The Balaban J connectivity index is 1.93. The van der Waals surface area contributed by atoms with Crippen molar-refractivity contribution in [1.82, 2.24) is 10.2 Å². The molecule has 0 aliphatic heterocycles. The van der Waals surface area contributed by atoms with Crippen LogP contribution in [0.15, 0.2) is 18.3 Å². The maximum Gasteiger partial charge on any atom is 0.148 e. The van der Waals surface area contributed by atoms with Gasteiger partial charge in [0.25, 0.3) is 0 Å². The van der Waals surface area contributed by atoms with E-state index in [1.807, 2.05) is 12.1 Å². The summed E-state index contributed by atoms with van der Waals surface area (Å²) in [6.07, 6.45) is 9.65. The smallest absolute Gasteiger partial charge is 0.148 e. The maximum atomic E-state index is 3.96. The second kappa shape index (κ2) is 8.21. The first kappa shape index (κ1) is 12.0. The zero-order valence-electron chi connectivity index (χ0n) is 9.58. The van der Waals surface area contributed by atoms with Crippen LogP contribution in [0, 0.1) is 0 Å². The molecule has 1 aromatic rings. The Morgan fingerprint density at radius 2 is 1.93 bits per heavy atom. The molecule has 1 N–H and O–H groups in total. The summed E-state index contributed by atoms with van der Waals surface area (Å²) >= 11 is 0. The van der Waals surface area contributed by atoms with Gasteiger partial charge < -0.3 is 5.32 Å². The third-order valence-electron chi connectivity index (χ3n) is 2.41. The van der Waals surface area contributed by atoms with Crippen LogP contribution in [0.3, 0.4) is 0 Å². The van der Waals surface area contributed by atoms with Gasteiger partial charge >= 0.3 is 0 Å². The molecule has 0 amide bonds. The number of unbranched alkanes of at least 4 members (excludes halogenated alkanes) is 5. The van der Waals surface area contributed by atoms with Crippen LogP contribution < -0.4 is 5.32 Å². The summed E-state index contributed by atoms with van der Waals surface area (Å²) in [5.41, 5.74) is 0. The van der Waals surface area contributed by atoms with E-state index in [4.69, 9.17) is 0 Å². The molecule has 0 radical (unpaired) electrons. The van der Waals surface area contributed by atoms with E-state index in [1.54, 1.807) is 6.20 Å². The molecule has 0 unspecified atom stereocenters. The van der Waals surface area contributed by atoms with Crippen LogP contribution in [0.4, 0.5) is 5.82 Å². The second-order valence-electron chi connectivity index (χ2n) is 3.80. The van der Waals surface area contributed by atoms with Crippen LogP contribution >= 0.6 is 0 Å². The van der Waals surface area contributed by atoms with Crippen molar-refractivity contribution in [2.45, 2.75) is 45.4 Å². The highest BCUT2D eigenvalue weighted by atomic mass is 15.2.